The van der Waals surface area contributed by atoms with Gasteiger partial charge in [-0.1, -0.05) is 84.9 Å². The molecule has 51 heavy (non-hydrogen) atoms. The predicted molar refractivity (Wildman–Crippen MR) is 196 cm³/mol. The first-order chi connectivity index (χ1) is 24.7. The summed E-state index contributed by atoms with van der Waals surface area (Å²) in [4.78, 5) is 0. The van der Waals surface area contributed by atoms with Crippen LogP contribution in [-0.4, -0.2) is 40.9 Å². The van der Waals surface area contributed by atoms with Crippen molar-refractivity contribution in [2.75, 3.05) is 0 Å². The number of hydrogen-bond donors (Lipinski definition) is 8. The first kappa shape index (κ1) is 29.8. The molecule has 1 heterocycles. The van der Waals surface area contributed by atoms with Crippen molar-refractivity contribution in [1.29, 1.82) is 0 Å². The van der Waals surface area contributed by atoms with Crippen LogP contribution < -0.4 is 0 Å². The van der Waals surface area contributed by atoms with Crippen molar-refractivity contribution < 1.29 is 45.3 Å². The molecule has 9 heteroatoms. The summed E-state index contributed by atoms with van der Waals surface area (Å²) in [5.74, 6) is -7.43. The van der Waals surface area contributed by atoms with Gasteiger partial charge in [0, 0.05) is 43.4 Å². The Bertz CT molecular complexity index is 2850. The van der Waals surface area contributed by atoms with Crippen LogP contribution in [0.2, 0.25) is 0 Å². The lowest BCUT2D eigenvalue weighted by molar-refractivity contribution is 0.350. The van der Waals surface area contributed by atoms with Crippen LogP contribution in [0, 0.1) is 0 Å². The molecule has 0 spiro atoms. The van der Waals surface area contributed by atoms with Crippen molar-refractivity contribution >= 4 is 54.3 Å². The van der Waals surface area contributed by atoms with Crippen molar-refractivity contribution in [1.82, 2.24) is 0 Å². The molecule has 0 unspecified atom stereocenters. The van der Waals surface area contributed by atoms with Gasteiger partial charge in [-0.2, -0.15) is 0 Å². The van der Waals surface area contributed by atoms with Gasteiger partial charge in [-0.3, -0.25) is 0 Å². The molecule has 1 aromatic heterocycles. The predicted octanol–water partition coefficient (Wildman–Crippen LogP) is 9.69. The molecule has 8 N–H and O–H groups in total. The van der Waals surface area contributed by atoms with E-state index in [0.29, 0.717) is 27.7 Å². The highest BCUT2D eigenvalue weighted by atomic mass is 16.4. The van der Waals surface area contributed by atoms with Crippen LogP contribution >= 0.6 is 0 Å². The summed E-state index contributed by atoms with van der Waals surface area (Å²) in [6, 6.07) is 33.2. The van der Waals surface area contributed by atoms with Crippen molar-refractivity contribution in [3.05, 3.63) is 109 Å². The van der Waals surface area contributed by atoms with Gasteiger partial charge in [0.25, 0.3) is 0 Å². The summed E-state index contributed by atoms with van der Waals surface area (Å²) in [5.41, 5.74) is 3.73. The number of phenolic OH excluding ortho intramolecular Hbond substituents is 8. The number of fused-ring (bicyclic) bond motifs is 7. The Morgan fingerprint density at radius 2 is 0.745 bits per heavy atom. The fourth-order valence-corrected chi connectivity index (χ4v) is 7.36. The maximum absolute atomic E-state index is 11.6. The molecule has 0 atom stereocenters. The fraction of sp³-hybridized carbons (Fsp3) is 0. The normalized spacial score (nSPS) is 11.8. The van der Waals surface area contributed by atoms with Gasteiger partial charge in [0.15, 0.2) is 23.0 Å². The quantitative estimate of drug-likeness (QED) is 0.0515. The monoisotopic (exact) mass is 674 g/mol. The van der Waals surface area contributed by atoms with E-state index in [1.807, 2.05) is 54.6 Å². The number of rotatable bonds is 3. The SMILES string of the molecule is Oc1c(O)c(O)c2c(-c3ccc4oc5ccc6ccc(-c7ccccc7)cc6c5c4c3)c3c(O)c(O)c(O)c(O)c3c(-c3ccccc3)c2c1O. The molecular weight excluding hydrogens is 648 g/mol. The lowest BCUT2D eigenvalue weighted by atomic mass is 9.83. The van der Waals surface area contributed by atoms with E-state index in [4.69, 9.17) is 4.42 Å². The van der Waals surface area contributed by atoms with Crippen LogP contribution in [0.1, 0.15) is 0 Å². The van der Waals surface area contributed by atoms with Gasteiger partial charge in [-0.15, -0.1) is 0 Å². The third kappa shape index (κ3) is 4.09. The van der Waals surface area contributed by atoms with E-state index in [1.165, 1.54) is 0 Å². The zero-order valence-corrected chi connectivity index (χ0v) is 26.4. The summed E-state index contributed by atoms with van der Waals surface area (Å²) >= 11 is 0. The maximum atomic E-state index is 11.6. The maximum Gasteiger partial charge on any atom is 0.204 e. The molecule has 0 amide bonds. The molecular formula is C42H26O9. The van der Waals surface area contributed by atoms with Gasteiger partial charge < -0.3 is 45.3 Å². The number of aromatic hydroxyl groups is 8. The zero-order chi connectivity index (χ0) is 35.3. The second kappa shape index (κ2) is 10.6. The minimum Gasteiger partial charge on any atom is -0.504 e. The molecule has 0 aliphatic rings. The largest absolute Gasteiger partial charge is 0.504 e. The standard InChI is InChI=1S/C42H26O9/c43-35-31-28(21-9-5-2-6-10-21)32-34(38(46)42(50)40(48)36(32)44)29(33(31)37(45)41(49)39(35)47)23-14-15-26-25(18-23)30-24-17-22(19-7-3-1-4-8-19)12-11-20(24)13-16-27(30)51-26/h1-18,43-50H. The number of phenols is 8. The Balaban J connectivity index is 1.48. The highest BCUT2D eigenvalue weighted by molar-refractivity contribution is 6.29. The van der Waals surface area contributed by atoms with Crippen LogP contribution in [0.4, 0.5) is 0 Å². The lowest BCUT2D eigenvalue weighted by Crippen LogP contribution is -1.94. The molecule has 9 rings (SSSR count). The highest BCUT2D eigenvalue weighted by Gasteiger charge is 2.32. The topological polar surface area (TPSA) is 175 Å². The van der Waals surface area contributed by atoms with Crippen molar-refractivity contribution in [2.45, 2.75) is 0 Å². The molecule has 0 saturated heterocycles. The molecule has 0 radical (unpaired) electrons. The Morgan fingerprint density at radius 3 is 1.29 bits per heavy atom. The van der Waals surface area contributed by atoms with Crippen LogP contribution in [0.5, 0.6) is 46.0 Å². The van der Waals surface area contributed by atoms with Crippen LogP contribution in [0.15, 0.2) is 114 Å². The Morgan fingerprint density at radius 1 is 0.314 bits per heavy atom. The van der Waals surface area contributed by atoms with Gasteiger partial charge in [0.1, 0.15) is 11.2 Å². The molecule has 0 fully saturated rings. The molecule has 248 valence electrons. The number of benzene rings is 8. The van der Waals surface area contributed by atoms with E-state index in [1.54, 1.807) is 48.5 Å². The number of hydrogen-bond acceptors (Lipinski definition) is 9. The third-order valence-electron chi connectivity index (χ3n) is 9.70. The molecule has 9 nitrogen and oxygen atoms in total. The average molecular weight is 675 g/mol. The van der Waals surface area contributed by atoms with E-state index in [9.17, 15) is 40.9 Å². The second-order valence-corrected chi connectivity index (χ2v) is 12.5. The minimum atomic E-state index is -1.03. The first-order valence-corrected chi connectivity index (χ1v) is 15.9. The molecule has 0 bridgehead atoms. The summed E-state index contributed by atoms with van der Waals surface area (Å²) in [5, 5.41) is 91.7. The summed E-state index contributed by atoms with van der Waals surface area (Å²) in [7, 11) is 0. The first-order valence-electron chi connectivity index (χ1n) is 15.9. The van der Waals surface area contributed by atoms with Gasteiger partial charge >= 0.3 is 0 Å². The molecule has 0 aliphatic carbocycles. The van der Waals surface area contributed by atoms with E-state index in [2.05, 4.69) is 6.07 Å². The van der Waals surface area contributed by atoms with Gasteiger partial charge in [0.05, 0.1) is 0 Å². The zero-order valence-electron chi connectivity index (χ0n) is 26.4. The highest BCUT2D eigenvalue weighted by Crippen LogP contribution is 2.62. The molecule has 9 aromatic rings. The fourth-order valence-electron chi connectivity index (χ4n) is 7.36. The van der Waals surface area contributed by atoms with Crippen molar-refractivity contribution in [2.24, 2.45) is 0 Å². The minimum absolute atomic E-state index is 0.00942. The summed E-state index contributed by atoms with van der Waals surface area (Å²) < 4.78 is 6.28. The van der Waals surface area contributed by atoms with Crippen molar-refractivity contribution in [3.63, 3.8) is 0 Å². The molecule has 8 aromatic carbocycles. The summed E-state index contributed by atoms with van der Waals surface area (Å²) in [6.45, 7) is 0. The Hall–Kier alpha value is -7.26. The lowest BCUT2D eigenvalue weighted by Gasteiger charge is -2.22. The van der Waals surface area contributed by atoms with E-state index in [0.717, 1.165) is 27.3 Å². The van der Waals surface area contributed by atoms with E-state index >= 15 is 0 Å². The Kier molecular flexibility index (Phi) is 6.21. The molecule has 0 saturated carbocycles. The summed E-state index contributed by atoms with van der Waals surface area (Å²) in [6.07, 6.45) is 0. The Labute approximate surface area is 287 Å². The van der Waals surface area contributed by atoms with Crippen LogP contribution in [0.3, 0.4) is 0 Å². The van der Waals surface area contributed by atoms with Gasteiger partial charge in [-0.25, -0.2) is 0 Å². The van der Waals surface area contributed by atoms with E-state index in [-0.39, 0.29) is 32.7 Å². The number of furan rings is 1. The van der Waals surface area contributed by atoms with Gasteiger partial charge in [0.2, 0.25) is 23.0 Å². The molecule has 0 aliphatic heterocycles. The van der Waals surface area contributed by atoms with Crippen LogP contribution in [-0.2, 0) is 0 Å². The second-order valence-electron chi connectivity index (χ2n) is 12.5. The van der Waals surface area contributed by atoms with E-state index < -0.39 is 46.0 Å². The van der Waals surface area contributed by atoms with Gasteiger partial charge in [-0.05, 0) is 57.3 Å². The van der Waals surface area contributed by atoms with Crippen molar-refractivity contribution in [3.8, 4) is 79.4 Å². The average Bonchev–Trinajstić information content (AvgIpc) is 3.55. The van der Waals surface area contributed by atoms with Crippen LogP contribution in [0.25, 0.3) is 87.6 Å². The third-order valence-corrected chi connectivity index (χ3v) is 9.70. The smallest absolute Gasteiger partial charge is 0.204 e.